The van der Waals surface area contributed by atoms with E-state index in [2.05, 4.69) is 44.6 Å². The molecular weight excluding hydrogens is 346 g/mol. The van der Waals surface area contributed by atoms with Gasteiger partial charge >= 0.3 is 5.69 Å². The third-order valence-electron chi connectivity index (χ3n) is 3.81. The van der Waals surface area contributed by atoms with Crippen LogP contribution < -0.4 is 26.4 Å². The van der Waals surface area contributed by atoms with Gasteiger partial charge in [0.05, 0.1) is 13.2 Å². The van der Waals surface area contributed by atoms with Crippen LogP contribution in [-0.2, 0) is 0 Å². The molecule has 1 heterocycles. The molecule has 4 rings (SSSR count). The molecule has 1 aromatic heterocycles. The van der Waals surface area contributed by atoms with Gasteiger partial charge in [0.2, 0.25) is 5.95 Å². The molecule has 140 valence electrons. The zero-order valence-corrected chi connectivity index (χ0v) is 15.2. The number of aromatic nitrogens is 3. The van der Waals surface area contributed by atoms with E-state index < -0.39 is 5.69 Å². The first kappa shape index (κ1) is 18.4. The third-order valence-corrected chi connectivity index (χ3v) is 3.81. The van der Waals surface area contributed by atoms with Crippen molar-refractivity contribution >= 4 is 5.95 Å². The molecule has 0 bridgehead atoms. The number of hydrogen-bond donors (Lipinski definition) is 3. The van der Waals surface area contributed by atoms with E-state index in [1.165, 1.54) is 11.1 Å². The molecule has 0 amide bonds. The molecule has 1 aromatic carbocycles. The second kappa shape index (κ2) is 8.33. The van der Waals surface area contributed by atoms with E-state index in [0.29, 0.717) is 36.1 Å². The standard InChI is InChI=1S/C13H17N5O3.C6H4/c1-3-20-9-6-5-8(7-10(9)21-4-2)11-15-12(18-14)17-13(19)16-11;1-2-6-4-3-5(1)6/h5-7H,3-4,14H2,1-2H3,(H2,15,16,17,18,19);1-4H. The normalized spacial score (nSPS) is 10.5. The van der Waals surface area contributed by atoms with E-state index in [1.807, 2.05) is 13.8 Å². The Hall–Kier alpha value is -3.39. The van der Waals surface area contributed by atoms with Crippen molar-refractivity contribution in [3.05, 3.63) is 52.9 Å². The maximum absolute atomic E-state index is 11.5. The fourth-order valence-corrected chi connectivity index (χ4v) is 2.45. The van der Waals surface area contributed by atoms with Gasteiger partial charge in [-0.2, -0.15) is 9.97 Å². The Bertz CT molecular complexity index is 949. The van der Waals surface area contributed by atoms with Crippen LogP contribution >= 0.6 is 0 Å². The van der Waals surface area contributed by atoms with E-state index in [4.69, 9.17) is 15.3 Å². The number of hydrazine groups is 1. The van der Waals surface area contributed by atoms with Crippen molar-refractivity contribution in [1.29, 1.82) is 0 Å². The molecule has 2 aliphatic rings. The minimum Gasteiger partial charge on any atom is -0.490 e. The minimum atomic E-state index is -0.542. The number of aromatic amines is 1. The number of H-pyrrole nitrogens is 1. The van der Waals surface area contributed by atoms with Crippen molar-refractivity contribution in [2.24, 2.45) is 5.84 Å². The van der Waals surface area contributed by atoms with Crippen LogP contribution in [0.1, 0.15) is 13.8 Å². The lowest BCUT2D eigenvalue weighted by atomic mass is 9.95. The molecular formula is C19H21N5O3. The SMILES string of the molecule is CCOc1ccc(-c2nc(NN)nc(=O)[nH]2)cc1OCC.c1cc2ccc1-2. The second-order valence-corrected chi connectivity index (χ2v) is 5.58. The monoisotopic (exact) mass is 367 g/mol. The van der Waals surface area contributed by atoms with E-state index in [0.717, 1.165) is 0 Å². The summed E-state index contributed by atoms with van der Waals surface area (Å²) < 4.78 is 11.0. The molecule has 0 saturated heterocycles. The minimum absolute atomic E-state index is 0.0422. The number of nitrogen functional groups attached to an aromatic ring is 1. The summed E-state index contributed by atoms with van der Waals surface area (Å²) in [5, 5.41) is 0. The second-order valence-electron chi connectivity index (χ2n) is 5.58. The predicted molar refractivity (Wildman–Crippen MR) is 104 cm³/mol. The zero-order chi connectivity index (χ0) is 19.2. The molecule has 0 saturated carbocycles. The van der Waals surface area contributed by atoms with Gasteiger partial charge in [-0.3, -0.25) is 10.4 Å². The van der Waals surface area contributed by atoms with Crippen LogP contribution in [0, 0.1) is 0 Å². The summed E-state index contributed by atoms with van der Waals surface area (Å²) in [6, 6.07) is 13.8. The third kappa shape index (κ3) is 4.24. The number of nitrogens with one attached hydrogen (secondary N) is 2. The van der Waals surface area contributed by atoms with Crippen LogP contribution in [0.25, 0.3) is 22.5 Å². The Balaban J connectivity index is 0.000000290. The van der Waals surface area contributed by atoms with Gasteiger partial charge in [-0.05, 0) is 43.2 Å². The summed E-state index contributed by atoms with van der Waals surface area (Å²) in [4.78, 5) is 21.7. The van der Waals surface area contributed by atoms with Crippen LogP contribution in [-0.4, -0.2) is 28.2 Å². The molecule has 0 atom stereocenters. The average molecular weight is 367 g/mol. The van der Waals surface area contributed by atoms with Gasteiger partial charge in [-0.1, -0.05) is 24.3 Å². The van der Waals surface area contributed by atoms with E-state index in [9.17, 15) is 4.79 Å². The Morgan fingerprint density at radius 3 is 2.04 bits per heavy atom. The first-order valence-electron chi connectivity index (χ1n) is 8.60. The smallest absolute Gasteiger partial charge is 0.349 e. The van der Waals surface area contributed by atoms with E-state index in [-0.39, 0.29) is 5.95 Å². The van der Waals surface area contributed by atoms with Crippen molar-refractivity contribution in [2.45, 2.75) is 13.8 Å². The highest BCUT2D eigenvalue weighted by Gasteiger charge is 2.10. The molecule has 2 aliphatic carbocycles. The summed E-state index contributed by atoms with van der Waals surface area (Å²) >= 11 is 0. The molecule has 0 radical (unpaired) electrons. The number of ether oxygens (including phenoxy) is 2. The molecule has 8 nitrogen and oxygen atoms in total. The number of nitrogens with zero attached hydrogens (tertiary/aromatic N) is 2. The predicted octanol–water partition coefficient (Wildman–Crippen LogP) is 2.58. The van der Waals surface area contributed by atoms with Gasteiger partial charge in [-0.15, -0.1) is 0 Å². The summed E-state index contributed by atoms with van der Waals surface area (Å²) in [6.45, 7) is 4.81. The van der Waals surface area contributed by atoms with Crippen molar-refractivity contribution in [2.75, 3.05) is 18.6 Å². The molecule has 27 heavy (non-hydrogen) atoms. The van der Waals surface area contributed by atoms with E-state index >= 15 is 0 Å². The van der Waals surface area contributed by atoms with Gasteiger partial charge in [-0.25, -0.2) is 10.6 Å². The topological polar surface area (TPSA) is 115 Å². The fourth-order valence-electron chi connectivity index (χ4n) is 2.45. The molecule has 2 aromatic rings. The van der Waals surface area contributed by atoms with E-state index in [1.54, 1.807) is 18.2 Å². The fraction of sp³-hybridized carbons (Fsp3) is 0.211. The number of benzene rings is 2. The number of anilines is 1. The van der Waals surface area contributed by atoms with Crippen molar-refractivity contribution in [1.82, 2.24) is 15.0 Å². The van der Waals surface area contributed by atoms with Crippen molar-refractivity contribution < 1.29 is 9.47 Å². The molecule has 0 spiro atoms. The van der Waals surface area contributed by atoms with Crippen LogP contribution in [0.2, 0.25) is 0 Å². The summed E-state index contributed by atoms with van der Waals surface area (Å²) in [6.07, 6.45) is 0. The lowest BCUT2D eigenvalue weighted by Gasteiger charge is -2.12. The molecule has 0 unspecified atom stereocenters. The number of hydrogen-bond acceptors (Lipinski definition) is 7. The van der Waals surface area contributed by atoms with Gasteiger partial charge in [0, 0.05) is 5.56 Å². The molecule has 8 heteroatoms. The number of nitrogens with two attached hydrogens (primary N) is 1. The highest BCUT2D eigenvalue weighted by Crippen LogP contribution is 2.31. The highest BCUT2D eigenvalue weighted by molar-refractivity contribution is 5.75. The number of fused-ring (bicyclic) bond motifs is 1. The van der Waals surface area contributed by atoms with Crippen molar-refractivity contribution in [3.63, 3.8) is 0 Å². The van der Waals surface area contributed by atoms with Crippen LogP contribution in [0.4, 0.5) is 5.95 Å². The van der Waals surface area contributed by atoms with Crippen LogP contribution in [0.5, 0.6) is 11.5 Å². The lowest BCUT2D eigenvalue weighted by molar-refractivity contribution is 0.288. The lowest BCUT2D eigenvalue weighted by Crippen LogP contribution is -2.19. The first-order valence-corrected chi connectivity index (χ1v) is 8.60. The van der Waals surface area contributed by atoms with Crippen LogP contribution in [0.3, 0.4) is 0 Å². The van der Waals surface area contributed by atoms with Crippen LogP contribution in [0.15, 0.2) is 47.3 Å². The summed E-state index contributed by atoms with van der Waals surface area (Å²) in [5.74, 6) is 6.83. The molecule has 4 N–H and O–H groups in total. The average Bonchev–Trinajstić information content (AvgIpc) is 2.66. The maximum Gasteiger partial charge on any atom is 0.349 e. The van der Waals surface area contributed by atoms with Gasteiger partial charge < -0.3 is 9.47 Å². The van der Waals surface area contributed by atoms with Gasteiger partial charge in [0.1, 0.15) is 5.82 Å². The highest BCUT2D eigenvalue weighted by atomic mass is 16.5. The molecule has 0 aliphatic heterocycles. The largest absolute Gasteiger partial charge is 0.490 e. The Labute approximate surface area is 156 Å². The Kier molecular flexibility index (Phi) is 5.68. The van der Waals surface area contributed by atoms with Gasteiger partial charge in [0.25, 0.3) is 0 Å². The summed E-state index contributed by atoms with van der Waals surface area (Å²) in [7, 11) is 0. The Morgan fingerprint density at radius 2 is 1.52 bits per heavy atom. The Morgan fingerprint density at radius 1 is 0.926 bits per heavy atom. The van der Waals surface area contributed by atoms with Gasteiger partial charge in [0.15, 0.2) is 11.5 Å². The maximum atomic E-state index is 11.5. The molecule has 0 fully saturated rings. The number of rotatable bonds is 6. The zero-order valence-electron chi connectivity index (χ0n) is 15.2. The quantitative estimate of drug-likeness (QED) is 0.354. The summed E-state index contributed by atoms with van der Waals surface area (Å²) in [5.41, 5.74) is 5.23. The van der Waals surface area contributed by atoms with Crippen molar-refractivity contribution in [3.8, 4) is 34.0 Å². The first-order chi connectivity index (χ1) is 13.1.